The Bertz CT molecular complexity index is 695. The van der Waals surface area contributed by atoms with E-state index >= 15 is 0 Å². The molecule has 1 aromatic heterocycles. The molecular formula is C21H30N2O2. The highest BCUT2D eigenvalue weighted by Crippen LogP contribution is 2.21. The van der Waals surface area contributed by atoms with E-state index < -0.39 is 0 Å². The molecule has 3 rings (SSSR count). The number of benzene rings is 1. The van der Waals surface area contributed by atoms with Crippen molar-refractivity contribution in [3.63, 3.8) is 0 Å². The minimum Gasteiger partial charge on any atom is -0.465 e. The van der Waals surface area contributed by atoms with Gasteiger partial charge in [0.1, 0.15) is 11.5 Å². The van der Waals surface area contributed by atoms with Gasteiger partial charge in [-0.3, -0.25) is 9.80 Å². The molecule has 0 aliphatic carbocycles. The average molecular weight is 342 g/mol. The van der Waals surface area contributed by atoms with Gasteiger partial charge in [0.25, 0.3) is 0 Å². The molecule has 136 valence electrons. The first-order chi connectivity index (χ1) is 12.0. The number of nitrogens with zero attached hydrogens (tertiary/aromatic N) is 2. The maximum absolute atomic E-state index is 9.49. The fraction of sp³-hybridized carbons (Fsp3) is 0.524. The first kappa shape index (κ1) is 18.2. The topological polar surface area (TPSA) is 39.9 Å². The van der Waals surface area contributed by atoms with Crippen molar-refractivity contribution in [2.24, 2.45) is 0 Å². The fourth-order valence-corrected chi connectivity index (χ4v) is 3.71. The van der Waals surface area contributed by atoms with Crippen LogP contribution in [0.3, 0.4) is 0 Å². The molecule has 0 radical (unpaired) electrons. The van der Waals surface area contributed by atoms with Crippen molar-refractivity contribution in [3.8, 4) is 0 Å². The maximum atomic E-state index is 9.49. The molecule has 1 aromatic carbocycles. The molecule has 2 heterocycles. The highest BCUT2D eigenvalue weighted by molar-refractivity contribution is 5.30. The number of piperazine rings is 1. The largest absolute Gasteiger partial charge is 0.465 e. The van der Waals surface area contributed by atoms with Crippen LogP contribution in [0.4, 0.5) is 0 Å². The van der Waals surface area contributed by atoms with Gasteiger partial charge >= 0.3 is 0 Å². The van der Waals surface area contributed by atoms with Gasteiger partial charge < -0.3 is 9.52 Å². The molecular weight excluding hydrogens is 312 g/mol. The van der Waals surface area contributed by atoms with E-state index in [2.05, 4.69) is 47.9 Å². The number of aliphatic hydroxyl groups is 1. The van der Waals surface area contributed by atoms with E-state index in [-0.39, 0.29) is 6.61 Å². The molecule has 1 fully saturated rings. The van der Waals surface area contributed by atoms with Crippen molar-refractivity contribution in [1.82, 2.24) is 9.80 Å². The van der Waals surface area contributed by atoms with E-state index in [1.165, 1.54) is 16.7 Å². The molecule has 1 saturated heterocycles. The number of hydrogen-bond donors (Lipinski definition) is 1. The minimum absolute atomic E-state index is 0.232. The lowest BCUT2D eigenvalue weighted by molar-refractivity contribution is 0.0453. The zero-order valence-corrected chi connectivity index (χ0v) is 15.7. The van der Waals surface area contributed by atoms with E-state index in [1.54, 1.807) is 0 Å². The standard InChI is InChI=1S/C21H30N2O2/c1-16-4-5-17(2)19(12-16)13-22-9-10-23(20(14-22)8-11-24)15-21-7-6-18(3)25-21/h4-7,12,20,24H,8-11,13-15H2,1-3H3/t20-/m1/s1. The van der Waals surface area contributed by atoms with Crippen LogP contribution in [-0.2, 0) is 13.1 Å². The average Bonchev–Trinajstić information content (AvgIpc) is 2.99. The van der Waals surface area contributed by atoms with Crippen molar-refractivity contribution < 1.29 is 9.52 Å². The predicted molar refractivity (Wildman–Crippen MR) is 101 cm³/mol. The second kappa shape index (κ2) is 8.17. The third kappa shape index (κ3) is 4.72. The summed E-state index contributed by atoms with van der Waals surface area (Å²) in [5.74, 6) is 1.98. The molecule has 1 N–H and O–H groups in total. The summed E-state index contributed by atoms with van der Waals surface area (Å²) in [6, 6.07) is 11.1. The van der Waals surface area contributed by atoms with Crippen LogP contribution in [0.15, 0.2) is 34.7 Å². The molecule has 0 saturated carbocycles. The summed E-state index contributed by atoms with van der Waals surface area (Å²) in [4.78, 5) is 4.97. The SMILES string of the molecule is Cc1ccc(C)c(CN2CCN(Cc3ccc(C)o3)[C@H](CCO)C2)c1. The van der Waals surface area contributed by atoms with Gasteiger partial charge in [-0.15, -0.1) is 0 Å². The second-order valence-corrected chi connectivity index (χ2v) is 7.31. The molecule has 1 aliphatic heterocycles. The van der Waals surface area contributed by atoms with Crippen molar-refractivity contribution in [2.75, 3.05) is 26.2 Å². The Hall–Kier alpha value is -1.62. The van der Waals surface area contributed by atoms with E-state index in [0.717, 1.165) is 50.7 Å². The summed E-state index contributed by atoms with van der Waals surface area (Å²) in [6.07, 6.45) is 0.809. The van der Waals surface area contributed by atoms with Crippen molar-refractivity contribution in [2.45, 2.75) is 46.3 Å². The van der Waals surface area contributed by atoms with Crippen molar-refractivity contribution in [3.05, 3.63) is 58.5 Å². The Morgan fingerprint density at radius 1 is 1.08 bits per heavy atom. The van der Waals surface area contributed by atoms with Gasteiger partial charge in [-0.05, 0) is 50.5 Å². The fourth-order valence-electron chi connectivity index (χ4n) is 3.71. The third-order valence-corrected chi connectivity index (χ3v) is 5.20. The molecule has 2 aromatic rings. The molecule has 25 heavy (non-hydrogen) atoms. The Balaban J connectivity index is 1.65. The van der Waals surface area contributed by atoms with Crippen LogP contribution in [-0.4, -0.2) is 47.2 Å². The maximum Gasteiger partial charge on any atom is 0.118 e. The molecule has 4 heteroatoms. The summed E-state index contributed by atoms with van der Waals surface area (Å²) >= 11 is 0. The zero-order chi connectivity index (χ0) is 17.8. The van der Waals surface area contributed by atoms with Crippen LogP contribution < -0.4 is 0 Å². The Labute approximate surface area is 151 Å². The summed E-state index contributed by atoms with van der Waals surface area (Å²) in [6.45, 7) is 11.4. The van der Waals surface area contributed by atoms with E-state index in [9.17, 15) is 5.11 Å². The number of aliphatic hydroxyl groups excluding tert-OH is 1. The zero-order valence-electron chi connectivity index (χ0n) is 15.7. The molecule has 0 spiro atoms. The first-order valence-corrected chi connectivity index (χ1v) is 9.24. The van der Waals surface area contributed by atoms with Gasteiger partial charge in [-0.25, -0.2) is 0 Å². The molecule has 1 atom stereocenters. The quantitative estimate of drug-likeness (QED) is 0.875. The van der Waals surface area contributed by atoms with Crippen LogP contribution in [0.2, 0.25) is 0 Å². The number of aryl methyl sites for hydroxylation is 3. The summed E-state index contributed by atoms with van der Waals surface area (Å²) < 4.78 is 5.75. The van der Waals surface area contributed by atoms with Gasteiger partial charge in [0.05, 0.1) is 6.54 Å². The Kier molecular flexibility index (Phi) is 5.94. The van der Waals surface area contributed by atoms with Gasteiger partial charge in [0, 0.05) is 38.8 Å². The molecule has 0 amide bonds. The highest BCUT2D eigenvalue weighted by atomic mass is 16.3. The second-order valence-electron chi connectivity index (χ2n) is 7.31. The van der Waals surface area contributed by atoms with Crippen LogP contribution in [0, 0.1) is 20.8 Å². The lowest BCUT2D eigenvalue weighted by Gasteiger charge is -2.41. The van der Waals surface area contributed by atoms with Gasteiger partial charge in [-0.2, -0.15) is 0 Å². The summed E-state index contributed by atoms with van der Waals surface area (Å²) in [7, 11) is 0. The molecule has 0 bridgehead atoms. The first-order valence-electron chi connectivity index (χ1n) is 9.24. The van der Waals surface area contributed by atoms with Crippen LogP contribution in [0.1, 0.15) is 34.6 Å². The highest BCUT2D eigenvalue weighted by Gasteiger charge is 2.27. The molecule has 1 aliphatic rings. The molecule has 0 unspecified atom stereocenters. The lowest BCUT2D eigenvalue weighted by Crippen LogP contribution is -2.52. The van der Waals surface area contributed by atoms with E-state index in [4.69, 9.17) is 4.42 Å². The predicted octanol–water partition coefficient (Wildman–Crippen LogP) is 3.27. The normalized spacial score (nSPS) is 19.4. The van der Waals surface area contributed by atoms with Crippen LogP contribution in [0.5, 0.6) is 0 Å². The van der Waals surface area contributed by atoms with Gasteiger partial charge in [-0.1, -0.05) is 23.8 Å². The number of hydrogen-bond acceptors (Lipinski definition) is 4. The summed E-state index contributed by atoms with van der Waals surface area (Å²) in [5.41, 5.74) is 4.09. The van der Waals surface area contributed by atoms with Crippen molar-refractivity contribution >= 4 is 0 Å². The van der Waals surface area contributed by atoms with Crippen molar-refractivity contribution in [1.29, 1.82) is 0 Å². The summed E-state index contributed by atoms with van der Waals surface area (Å²) in [5, 5.41) is 9.49. The Morgan fingerprint density at radius 2 is 1.92 bits per heavy atom. The van der Waals surface area contributed by atoms with Crippen LogP contribution >= 0.6 is 0 Å². The minimum atomic E-state index is 0.232. The van der Waals surface area contributed by atoms with Gasteiger partial charge in [0.2, 0.25) is 0 Å². The monoisotopic (exact) mass is 342 g/mol. The molecule has 4 nitrogen and oxygen atoms in total. The van der Waals surface area contributed by atoms with E-state index in [0.29, 0.717) is 6.04 Å². The third-order valence-electron chi connectivity index (χ3n) is 5.20. The Morgan fingerprint density at radius 3 is 2.64 bits per heavy atom. The van der Waals surface area contributed by atoms with E-state index in [1.807, 2.05) is 13.0 Å². The smallest absolute Gasteiger partial charge is 0.118 e. The lowest BCUT2D eigenvalue weighted by atomic mass is 10.0. The number of furan rings is 1. The van der Waals surface area contributed by atoms with Gasteiger partial charge in [0.15, 0.2) is 0 Å². The van der Waals surface area contributed by atoms with Crippen LogP contribution in [0.25, 0.3) is 0 Å². The number of rotatable bonds is 6.